The average Bonchev–Trinajstić information content (AvgIpc) is 2.97. The van der Waals surface area contributed by atoms with Crippen LogP contribution in [-0.4, -0.2) is 18.6 Å². The Balaban J connectivity index is 1.93. The lowest BCUT2D eigenvalue weighted by Gasteiger charge is -2.18. The molecule has 0 saturated heterocycles. The first-order chi connectivity index (χ1) is 10.4. The van der Waals surface area contributed by atoms with Gasteiger partial charge in [-0.15, -0.1) is 0 Å². The lowest BCUT2D eigenvalue weighted by molar-refractivity contribution is 0.392. The van der Waals surface area contributed by atoms with Crippen LogP contribution in [0.4, 0.5) is 10.1 Å². The molecule has 120 valence electrons. The van der Waals surface area contributed by atoms with Crippen molar-refractivity contribution in [1.82, 2.24) is 4.72 Å². The Labute approximate surface area is 128 Å². The first-order valence-electron chi connectivity index (χ1n) is 7.11. The van der Waals surface area contributed by atoms with E-state index in [1.54, 1.807) is 4.72 Å². The molecule has 0 radical (unpaired) electrons. The molecule has 0 aromatic heterocycles. The third-order valence-corrected chi connectivity index (χ3v) is 5.33. The van der Waals surface area contributed by atoms with Crippen molar-refractivity contribution in [2.24, 2.45) is 5.92 Å². The fourth-order valence-electron chi connectivity index (χ4n) is 3.10. The zero-order valence-corrected chi connectivity index (χ0v) is 12.6. The molecule has 1 heterocycles. The number of phenolic OH excluding ortho intramolecular Hbond substituents is 1. The largest absolute Gasteiger partial charge is 0.506 e. The van der Waals surface area contributed by atoms with Gasteiger partial charge in [-0.25, -0.2) is 13.4 Å². The van der Waals surface area contributed by atoms with Crippen LogP contribution in [-0.2, 0) is 16.6 Å². The number of halogens is 1. The Morgan fingerprint density at radius 1 is 1.27 bits per heavy atom. The van der Waals surface area contributed by atoms with Gasteiger partial charge < -0.3 is 10.2 Å². The van der Waals surface area contributed by atoms with Crippen molar-refractivity contribution < 1.29 is 23.0 Å². The summed E-state index contributed by atoms with van der Waals surface area (Å²) in [5, 5.41) is 19.3. The van der Waals surface area contributed by atoms with E-state index in [0.717, 1.165) is 19.0 Å². The highest BCUT2D eigenvalue weighted by molar-refractivity contribution is 7.91. The molecule has 2 aliphatic rings. The van der Waals surface area contributed by atoms with E-state index in [4.69, 9.17) is 0 Å². The zero-order valence-electron chi connectivity index (χ0n) is 11.8. The molecule has 6 nitrogen and oxygen atoms in total. The van der Waals surface area contributed by atoms with Gasteiger partial charge in [0, 0.05) is 0 Å². The predicted molar refractivity (Wildman–Crippen MR) is 79.0 cm³/mol. The third kappa shape index (κ3) is 2.70. The van der Waals surface area contributed by atoms with Crippen LogP contribution >= 0.6 is 0 Å². The molecule has 1 aliphatic heterocycles. The molecule has 1 aromatic carbocycles. The minimum atomic E-state index is -4.13. The molecule has 1 fully saturated rings. The molecule has 1 aromatic rings. The molecule has 3 rings (SSSR count). The first kappa shape index (κ1) is 15.0. The van der Waals surface area contributed by atoms with Gasteiger partial charge >= 0.3 is 10.2 Å². The molecule has 1 aliphatic carbocycles. The van der Waals surface area contributed by atoms with E-state index in [1.807, 2.05) is 0 Å². The number of rotatable bonds is 3. The minimum absolute atomic E-state index is 0.468. The number of benzene rings is 1. The van der Waals surface area contributed by atoms with E-state index >= 15 is 0 Å². The Kier molecular flexibility index (Phi) is 3.64. The SMILES string of the molecule is O=S1(=O)NC(O)=CN1c1c(O)cc(CC2CCCC2)cc1F. The van der Waals surface area contributed by atoms with Gasteiger partial charge in [-0.2, -0.15) is 8.42 Å². The summed E-state index contributed by atoms with van der Waals surface area (Å²) < 4.78 is 40.1. The van der Waals surface area contributed by atoms with Crippen LogP contribution in [0.3, 0.4) is 0 Å². The highest BCUT2D eigenvalue weighted by atomic mass is 32.2. The van der Waals surface area contributed by atoms with Crippen LogP contribution in [0.2, 0.25) is 0 Å². The molecular weight excluding hydrogens is 311 g/mol. The summed E-state index contributed by atoms with van der Waals surface area (Å²) in [5.41, 5.74) is 0.148. The number of hydrogen-bond donors (Lipinski definition) is 3. The second-order valence-electron chi connectivity index (χ2n) is 5.72. The van der Waals surface area contributed by atoms with Crippen molar-refractivity contribution in [1.29, 1.82) is 0 Å². The van der Waals surface area contributed by atoms with Gasteiger partial charge in [-0.1, -0.05) is 25.7 Å². The van der Waals surface area contributed by atoms with Gasteiger partial charge in [0.05, 0.1) is 6.20 Å². The first-order valence-corrected chi connectivity index (χ1v) is 8.55. The van der Waals surface area contributed by atoms with E-state index in [9.17, 15) is 23.0 Å². The Morgan fingerprint density at radius 2 is 1.95 bits per heavy atom. The summed E-state index contributed by atoms with van der Waals surface area (Å²) in [4.78, 5) is 0. The lowest BCUT2D eigenvalue weighted by Crippen LogP contribution is -2.30. The van der Waals surface area contributed by atoms with Crippen molar-refractivity contribution in [3.8, 4) is 5.75 Å². The molecule has 22 heavy (non-hydrogen) atoms. The fourth-order valence-corrected chi connectivity index (χ4v) is 4.17. The van der Waals surface area contributed by atoms with Gasteiger partial charge in [-0.05, 0) is 30.0 Å². The molecule has 0 unspecified atom stereocenters. The van der Waals surface area contributed by atoms with Crippen molar-refractivity contribution in [3.05, 3.63) is 35.6 Å². The molecule has 0 atom stereocenters. The molecule has 0 amide bonds. The quantitative estimate of drug-likeness (QED) is 0.794. The van der Waals surface area contributed by atoms with E-state index in [0.29, 0.717) is 22.2 Å². The molecule has 0 bridgehead atoms. The Bertz CT molecular complexity index is 703. The van der Waals surface area contributed by atoms with Crippen LogP contribution < -0.4 is 9.03 Å². The van der Waals surface area contributed by atoms with E-state index in [2.05, 4.69) is 0 Å². The van der Waals surface area contributed by atoms with Gasteiger partial charge in [0.25, 0.3) is 0 Å². The van der Waals surface area contributed by atoms with Crippen LogP contribution in [0.15, 0.2) is 24.2 Å². The molecular formula is C14H17FN2O4S. The number of anilines is 1. The van der Waals surface area contributed by atoms with Crippen LogP contribution in [0.1, 0.15) is 31.2 Å². The topological polar surface area (TPSA) is 89.9 Å². The second kappa shape index (κ2) is 5.35. The number of hydrogen-bond acceptors (Lipinski definition) is 4. The van der Waals surface area contributed by atoms with Crippen LogP contribution in [0, 0.1) is 11.7 Å². The number of aliphatic hydroxyl groups excluding tert-OH is 1. The average molecular weight is 328 g/mol. The van der Waals surface area contributed by atoms with Crippen molar-refractivity contribution in [2.75, 3.05) is 4.31 Å². The normalized spacial score (nSPS) is 21.0. The maximum atomic E-state index is 14.3. The third-order valence-electron chi connectivity index (χ3n) is 4.05. The minimum Gasteiger partial charge on any atom is -0.506 e. The van der Waals surface area contributed by atoms with Crippen molar-refractivity contribution in [2.45, 2.75) is 32.1 Å². The number of aliphatic hydroxyl groups is 1. The van der Waals surface area contributed by atoms with E-state index in [-0.39, 0.29) is 0 Å². The monoisotopic (exact) mass is 328 g/mol. The predicted octanol–water partition coefficient (Wildman–Crippen LogP) is 2.28. The summed E-state index contributed by atoms with van der Waals surface area (Å²) in [6.07, 6.45) is 5.98. The second-order valence-corrected chi connectivity index (χ2v) is 7.26. The highest BCUT2D eigenvalue weighted by Crippen LogP contribution is 2.37. The Hall–Kier alpha value is -1.96. The molecule has 3 N–H and O–H groups in total. The zero-order chi connectivity index (χ0) is 15.9. The lowest BCUT2D eigenvalue weighted by atomic mass is 9.97. The van der Waals surface area contributed by atoms with Gasteiger partial charge in [0.1, 0.15) is 11.4 Å². The standard InChI is InChI=1S/C14H17FN2O4S/c15-11-6-10(5-9-3-1-2-4-9)7-12(18)14(11)17-8-13(19)16-22(17,20)21/h6-9,16,18-19H,1-5H2. The number of aromatic hydroxyl groups is 1. The van der Waals surface area contributed by atoms with Gasteiger partial charge in [0.15, 0.2) is 5.82 Å². The summed E-state index contributed by atoms with van der Waals surface area (Å²) in [5.74, 6) is -1.46. The van der Waals surface area contributed by atoms with Crippen molar-refractivity contribution in [3.63, 3.8) is 0 Å². The Morgan fingerprint density at radius 3 is 2.50 bits per heavy atom. The number of nitrogens with zero attached hydrogens (tertiary/aromatic N) is 1. The van der Waals surface area contributed by atoms with Crippen LogP contribution in [0.25, 0.3) is 0 Å². The maximum Gasteiger partial charge on any atom is 0.330 e. The molecule has 0 spiro atoms. The molecule has 8 heteroatoms. The van der Waals surface area contributed by atoms with Crippen molar-refractivity contribution >= 4 is 15.9 Å². The highest BCUT2D eigenvalue weighted by Gasteiger charge is 2.33. The number of phenols is 1. The fraction of sp³-hybridized carbons (Fsp3) is 0.429. The van der Waals surface area contributed by atoms with E-state index in [1.165, 1.54) is 25.0 Å². The number of nitrogens with one attached hydrogen (secondary N) is 1. The molecule has 1 saturated carbocycles. The smallest absolute Gasteiger partial charge is 0.330 e. The maximum absolute atomic E-state index is 14.3. The van der Waals surface area contributed by atoms with Gasteiger partial charge in [-0.3, -0.25) is 0 Å². The van der Waals surface area contributed by atoms with Crippen LogP contribution in [0.5, 0.6) is 5.75 Å². The summed E-state index contributed by atoms with van der Waals surface area (Å²) in [6.45, 7) is 0. The summed E-state index contributed by atoms with van der Waals surface area (Å²) in [6, 6.07) is 2.63. The van der Waals surface area contributed by atoms with E-state index < -0.39 is 33.3 Å². The van der Waals surface area contributed by atoms with Gasteiger partial charge in [0.2, 0.25) is 5.88 Å². The summed E-state index contributed by atoms with van der Waals surface area (Å²) in [7, 11) is -4.13. The summed E-state index contributed by atoms with van der Waals surface area (Å²) >= 11 is 0.